The highest BCUT2D eigenvalue weighted by atomic mass is 16.1. The van der Waals surface area contributed by atoms with Crippen LogP contribution in [0.5, 0.6) is 0 Å². The number of rotatable bonds is 5. The lowest BCUT2D eigenvalue weighted by molar-refractivity contribution is 0.0921. The fourth-order valence-electron chi connectivity index (χ4n) is 2.72. The second-order valence-corrected chi connectivity index (χ2v) is 5.80. The van der Waals surface area contributed by atoms with Crippen LogP contribution in [0.2, 0.25) is 0 Å². The number of hydrogen-bond acceptors (Lipinski definition) is 3. The highest BCUT2D eigenvalue weighted by Gasteiger charge is 2.20. The molecule has 2 unspecified atom stereocenters. The van der Waals surface area contributed by atoms with Gasteiger partial charge in [-0.3, -0.25) is 4.79 Å². The van der Waals surface area contributed by atoms with Gasteiger partial charge in [-0.1, -0.05) is 26.7 Å². The van der Waals surface area contributed by atoms with Crippen LogP contribution in [0.15, 0.2) is 18.3 Å². The van der Waals surface area contributed by atoms with Crippen molar-refractivity contribution >= 4 is 11.7 Å². The van der Waals surface area contributed by atoms with Gasteiger partial charge in [0.2, 0.25) is 0 Å². The Balaban J connectivity index is 1.88. The van der Waals surface area contributed by atoms with E-state index in [2.05, 4.69) is 29.5 Å². The Morgan fingerprint density at radius 2 is 2.25 bits per heavy atom. The summed E-state index contributed by atoms with van der Waals surface area (Å²) in [7, 11) is 0. The molecule has 1 aromatic heterocycles. The minimum absolute atomic E-state index is 0.00126. The second kappa shape index (κ2) is 7.27. The molecule has 0 spiro atoms. The van der Waals surface area contributed by atoms with E-state index in [0.717, 1.165) is 31.6 Å². The van der Waals surface area contributed by atoms with Gasteiger partial charge in [0.25, 0.3) is 5.91 Å². The van der Waals surface area contributed by atoms with Crippen molar-refractivity contribution in [3.63, 3.8) is 0 Å². The van der Waals surface area contributed by atoms with E-state index < -0.39 is 0 Å². The van der Waals surface area contributed by atoms with Crippen LogP contribution in [0.1, 0.15) is 56.3 Å². The summed E-state index contributed by atoms with van der Waals surface area (Å²) in [4.78, 5) is 16.4. The van der Waals surface area contributed by atoms with E-state index in [9.17, 15) is 4.79 Å². The Kier molecular flexibility index (Phi) is 5.39. The van der Waals surface area contributed by atoms with Gasteiger partial charge in [-0.2, -0.15) is 0 Å². The van der Waals surface area contributed by atoms with E-state index in [1.54, 1.807) is 6.20 Å². The highest BCUT2D eigenvalue weighted by molar-refractivity contribution is 5.94. The molecule has 0 radical (unpaired) electrons. The first-order chi connectivity index (χ1) is 9.69. The SMILES string of the molecule is CCCNc1ccc(C(=O)NC2CCCC(C)C2)cn1. The average Bonchev–Trinajstić information content (AvgIpc) is 2.45. The summed E-state index contributed by atoms with van der Waals surface area (Å²) >= 11 is 0. The minimum atomic E-state index is -0.00126. The van der Waals surface area contributed by atoms with Crippen molar-refractivity contribution in [1.82, 2.24) is 10.3 Å². The highest BCUT2D eigenvalue weighted by Crippen LogP contribution is 2.23. The van der Waals surface area contributed by atoms with E-state index in [1.165, 1.54) is 12.8 Å². The Hall–Kier alpha value is -1.58. The number of pyridine rings is 1. The summed E-state index contributed by atoms with van der Waals surface area (Å²) in [6.45, 7) is 5.27. The number of anilines is 1. The van der Waals surface area contributed by atoms with Crippen LogP contribution in [0.25, 0.3) is 0 Å². The minimum Gasteiger partial charge on any atom is -0.370 e. The third kappa shape index (κ3) is 4.22. The molecular formula is C16H25N3O. The molecular weight excluding hydrogens is 250 g/mol. The van der Waals surface area contributed by atoms with Gasteiger partial charge in [0.1, 0.15) is 5.82 Å². The molecule has 0 aliphatic heterocycles. The molecule has 1 saturated carbocycles. The van der Waals surface area contributed by atoms with Crippen LogP contribution in [0, 0.1) is 5.92 Å². The molecule has 1 heterocycles. The molecule has 4 nitrogen and oxygen atoms in total. The largest absolute Gasteiger partial charge is 0.370 e. The Morgan fingerprint density at radius 1 is 1.40 bits per heavy atom. The van der Waals surface area contributed by atoms with E-state index in [0.29, 0.717) is 17.5 Å². The molecule has 0 aromatic carbocycles. The monoisotopic (exact) mass is 275 g/mol. The molecule has 0 saturated heterocycles. The summed E-state index contributed by atoms with van der Waals surface area (Å²) in [6, 6.07) is 4.03. The Labute approximate surface area is 121 Å². The smallest absolute Gasteiger partial charge is 0.253 e. The van der Waals surface area contributed by atoms with Crippen molar-refractivity contribution in [2.24, 2.45) is 5.92 Å². The quantitative estimate of drug-likeness (QED) is 0.867. The Morgan fingerprint density at radius 3 is 2.90 bits per heavy atom. The van der Waals surface area contributed by atoms with Crippen molar-refractivity contribution in [3.8, 4) is 0 Å². The van der Waals surface area contributed by atoms with Gasteiger partial charge >= 0.3 is 0 Å². The first-order valence-electron chi connectivity index (χ1n) is 7.69. The normalized spacial score (nSPS) is 22.3. The number of carbonyl (C=O) groups is 1. The van der Waals surface area contributed by atoms with Crippen LogP contribution < -0.4 is 10.6 Å². The fraction of sp³-hybridized carbons (Fsp3) is 0.625. The van der Waals surface area contributed by atoms with Gasteiger partial charge < -0.3 is 10.6 Å². The molecule has 1 aliphatic rings. The van der Waals surface area contributed by atoms with Gasteiger partial charge in [-0.15, -0.1) is 0 Å². The molecule has 20 heavy (non-hydrogen) atoms. The molecule has 2 N–H and O–H groups in total. The zero-order chi connectivity index (χ0) is 14.4. The van der Waals surface area contributed by atoms with E-state index >= 15 is 0 Å². The van der Waals surface area contributed by atoms with Crippen LogP contribution in [-0.4, -0.2) is 23.5 Å². The maximum Gasteiger partial charge on any atom is 0.253 e. The third-order valence-electron chi connectivity index (χ3n) is 3.85. The molecule has 1 amide bonds. The zero-order valence-electron chi connectivity index (χ0n) is 12.5. The van der Waals surface area contributed by atoms with Gasteiger partial charge in [0.15, 0.2) is 0 Å². The zero-order valence-corrected chi connectivity index (χ0v) is 12.5. The summed E-state index contributed by atoms with van der Waals surface area (Å²) in [5.41, 5.74) is 0.644. The molecule has 1 aliphatic carbocycles. The summed E-state index contributed by atoms with van der Waals surface area (Å²) in [5.74, 6) is 1.54. The average molecular weight is 275 g/mol. The number of nitrogens with one attached hydrogen (secondary N) is 2. The first kappa shape index (κ1) is 14.8. The standard InChI is InChI=1S/C16H25N3O/c1-3-9-17-15-8-7-13(11-18-15)16(20)19-14-6-4-5-12(2)10-14/h7-8,11-12,14H,3-6,9-10H2,1-2H3,(H,17,18)(H,19,20). The van der Waals surface area contributed by atoms with Crippen molar-refractivity contribution in [2.75, 3.05) is 11.9 Å². The summed E-state index contributed by atoms with van der Waals surface area (Å²) in [5, 5.41) is 6.33. The predicted molar refractivity (Wildman–Crippen MR) is 81.9 cm³/mol. The van der Waals surface area contributed by atoms with Gasteiger partial charge in [0, 0.05) is 18.8 Å². The number of nitrogens with zero attached hydrogens (tertiary/aromatic N) is 1. The van der Waals surface area contributed by atoms with Crippen molar-refractivity contribution in [2.45, 2.75) is 52.0 Å². The second-order valence-electron chi connectivity index (χ2n) is 5.80. The lowest BCUT2D eigenvalue weighted by Crippen LogP contribution is -2.38. The van der Waals surface area contributed by atoms with Gasteiger partial charge in [-0.25, -0.2) is 4.98 Å². The molecule has 110 valence electrons. The summed E-state index contributed by atoms with van der Waals surface area (Å²) in [6.07, 6.45) is 7.40. The van der Waals surface area contributed by atoms with Gasteiger partial charge in [0.05, 0.1) is 5.56 Å². The number of aromatic nitrogens is 1. The van der Waals surface area contributed by atoms with E-state index in [4.69, 9.17) is 0 Å². The fourth-order valence-corrected chi connectivity index (χ4v) is 2.72. The third-order valence-corrected chi connectivity index (χ3v) is 3.85. The number of hydrogen-bond donors (Lipinski definition) is 2. The topological polar surface area (TPSA) is 54.0 Å². The molecule has 1 fully saturated rings. The molecule has 2 atom stereocenters. The lowest BCUT2D eigenvalue weighted by Gasteiger charge is -2.27. The number of carbonyl (C=O) groups excluding carboxylic acids is 1. The molecule has 1 aromatic rings. The summed E-state index contributed by atoms with van der Waals surface area (Å²) < 4.78 is 0. The molecule has 2 rings (SSSR count). The predicted octanol–water partition coefficient (Wildman–Crippen LogP) is 3.21. The van der Waals surface area contributed by atoms with E-state index in [1.807, 2.05) is 12.1 Å². The number of amides is 1. The van der Waals surface area contributed by atoms with E-state index in [-0.39, 0.29) is 5.91 Å². The maximum absolute atomic E-state index is 12.2. The van der Waals surface area contributed by atoms with Crippen LogP contribution in [0.3, 0.4) is 0 Å². The van der Waals surface area contributed by atoms with Crippen molar-refractivity contribution in [3.05, 3.63) is 23.9 Å². The van der Waals surface area contributed by atoms with Crippen molar-refractivity contribution < 1.29 is 4.79 Å². The lowest BCUT2D eigenvalue weighted by atomic mass is 9.87. The van der Waals surface area contributed by atoms with Crippen LogP contribution in [0.4, 0.5) is 5.82 Å². The molecule has 0 bridgehead atoms. The van der Waals surface area contributed by atoms with Crippen molar-refractivity contribution in [1.29, 1.82) is 0 Å². The molecule has 4 heteroatoms. The van der Waals surface area contributed by atoms with Crippen LogP contribution >= 0.6 is 0 Å². The van der Waals surface area contributed by atoms with Gasteiger partial charge in [-0.05, 0) is 37.3 Å². The maximum atomic E-state index is 12.2. The first-order valence-corrected chi connectivity index (χ1v) is 7.69. The van der Waals surface area contributed by atoms with Crippen LogP contribution in [-0.2, 0) is 0 Å². The Bertz CT molecular complexity index is 430.